The number of rotatable bonds is 13. The number of ketones is 1. The van der Waals surface area contributed by atoms with Gasteiger partial charge in [0.25, 0.3) is 0 Å². The molecule has 0 aromatic rings. The van der Waals surface area contributed by atoms with Crippen molar-refractivity contribution in [3.63, 3.8) is 0 Å². The molecule has 1 aliphatic rings. The molecule has 0 spiro atoms. The van der Waals surface area contributed by atoms with Gasteiger partial charge in [0.15, 0.2) is 5.78 Å². The van der Waals surface area contributed by atoms with Crippen LogP contribution in [0.3, 0.4) is 0 Å². The minimum atomic E-state index is -0.153. The highest BCUT2D eigenvalue weighted by atomic mass is 16.1. The van der Waals surface area contributed by atoms with E-state index < -0.39 is 0 Å². The maximum absolute atomic E-state index is 12.4. The van der Waals surface area contributed by atoms with Crippen molar-refractivity contribution in [2.45, 2.75) is 109 Å². The topological polar surface area (TPSA) is 29.1 Å². The molecule has 0 aromatic carbocycles. The lowest BCUT2D eigenvalue weighted by Crippen LogP contribution is -2.46. The molecule has 1 rings (SSSR count). The molecule has 1 saturated heterocycles. The molecule has 0 saturated carbocycles. The summed E-state index contributed by atoms with van der Waals surface area (Å²) >= 11 is 0. The van der Waals surface area contributed by atoms with Crippen molar-refractivity contribution in [1.82, 2.24) is 5.32 Å². The zero-order valence-electron chi connectivity index (χ0n) is 14.5. The number of hydrogen-bond acceptors (Lipinski definition) is 2. The molecule has 2 nitrogen and oxygen atoms in total. The second kappa shape index (κ2) is 11.2. The van der Waals surface area contributed by atoms with E-state index in [4.69, 9.17) is 0 Å². The van der Waals surface area contributed by atoms with Gasteiger partial charge in [-0.2, -0.15) is 0 Å². The number of unbranched alkanes of at least 4 members (excludes halogenated alkanes) is 9. The van der Waals surface area contributed by atoms with E-state index >= 15 is 0 Å². The summed E-state index contributed by atoms with van der Waals surface area (Å²) in [6, 6.07) is 0. The fraction of sp³-hybridized carbons (Fsp3) is 0.947. The minimum absolute atomic E-state index is 0.153. The van der Waals surface area contributed by atoms with E-state index in [1.165, 1.54) is 57.8 Å². The van der Waals surface area contributed by atoms with Gasteiger partial charge in [-0.05, 0) is 32.2 Å². The van der Waals surface area contributed by atoms with Gasteiger partial charge < -0.3 is 5.32 Å². The van der Waals surface area contributed by atoms with Gasteiger partial charge in [-0.25, -0.2) is 0 Å². The van der Waals surface area contributed by atoms with E-state index in [1.807, 2.05) is 0 Å². The maximum Gasteiger partial charge on any atom is 0.152 e. The Hall–Kier alpha value is -0.370. The number of Topliss-reactive ketones (excluding diaryl/α,β-unsaturated/α-hetero) is 1. The van der Waals surface area contributed by atoms with Crippen LogP contribution in [0, 0.1) is 0 Å². The van der Waals surface area contributed by atoms with Crippen LogP contribution in [0.5, 0.6) is 0 Å². The summed E-state index contributed by atoms with van der Waals surface area (Å²) in [5, 5.41) is 3.46. The fourth-order valence-electron chi connectivity index (χ4n) is 3.56. The average Bonchev–Trinajstić information content (AvgIpc) is 2.99. The molecule has 1 fully saturated rings. The highest BCUT2D eigenvalue weighted by Gasteiger charge is 2.37. The van der Waals surface area contributed by atoms with Crippen LogP contribution >= 0.6 is 0 Å². The van der Waals surface area contributed by atoms with E-state index in [1.54, 1.807) is 0 Å². The highest BCUT2D eigenvalue weighted by Crippen LogP contribution is 2.26. The summed E-state index contributed by atoms with van der Waals surface area (Å²) in [7, 11) is 0. The van der Waals surface area contributed by atoms with Crippen LogP contribution in [-0.4, -0.2) is 17.9 Å². The normalized spacial score (nSPS) is 21.8. The van der Waals surface area contributed by atoms with Crippen molar-refractivity contribution < 1.29 is 4.79 Å². The van der Waals surface area contributed by atoms with Crippen molar-refractivity contribution in [1.29, 1.82) is 0 Å². The maximum atomic E-state index is 12.4. The fourth-order valence-corrected chi connectivity index (χ4v) is 3.56. The molecule has 1 atom stereocenters. The molecule has 1 unspecified atom stereocenters. The summed E-state index contributed by atoms with van der Waals surface area (Å²) in [6.07, 6.45) is 17.3. The first-order chi connectivity index (χ1) is 10.2. The van der Waals surface area contributed by atoms with E-state index in [2.05, 4.69) is 19.2 Å². The molecule has 1 heterocycles. The second-order valence-corrected chi connectivity index (χ2v) is 6.82. The van der Waals surface area contributed by atoms with Crippen molar-refractivity contribution in [3.8, 4) is 0 Å². The van der Waals surface area contributed by atoms with Gasteiger partial charge in [0.05, 0.1) is 5.54 Å². The summed E-state index contributed by atoms with van der Waals surface area (Å²) in [5.41, 5.74) is -0.153. The predicted molar refractivity (Wildman–Crippen MR) is 91.7 cm³/mol. The third-order valence-corrected chi connectivity index (χ3v) is 5.14. The Morgan fingerprint density at radius 1 is 0.905 bits per heavy atom. The third kappa shape index (κ3) is 6.95. The molecular formula is C19H37NO. The number of carbonyl (C=O) groups excluding carboxylic acids is 1. The van der Waals surface area contributed by atoms with Crippen LogP contribution in [0.15, 0.2) is 0 Å². The molecular weight excluding hydrogens is 258 g/mol. The number of hydrogen-bond donors (Lipinski definition) is 1. The number of carbonyl (C=O) groups is 1. The molecule has 0 aliphatic carbocycles. The lowest BCUT2D eigenvalue weighted by Gasteiger charge is -2.26. The van der Waals surface area contributed by atoms with Gasteiger partial charge >= 0.3 is 0 Å². The Balaban J connectivity index is 1.95. The van der Waals surface area contributed by atoms with Crippen molar-refractivity contribution in [2.24, 2.45) is 0 Å². The van der Waals surface area contributed by atoms with Crippen LogP contribution in [0.25, 0.3) is 0 Å². The molecule has 1 aliphatic heterocycles. The minimum Gasteiger partial charge on any atom is -0.305 e. The quantitative estimate of drug-likeness (QED) is 0.461. The van der Waals surface area contributed by atoms with Gasteiger partial charge in [-0.15, -0.1) is 0 Å². The van der Waals surface area contributed by atoms with Gasteiger partial charge in [-0.1, -0.05) is 71.6 Å². The van der Waals surface area contributed by atoms with Gasteiger partial charge in [-0.3, -0.25) is 4.79 Å². The number of nitrogens with one attached hydrogen (secondary N) is 1. The Morgan fingerprint density at radius 3 is 1.95 bits per heavy atom. The van der Waals surface area contributed by atoms with Crippen LogP contribution in [0.4, 0.5) is 0 Å². The van der Waals surface area contributed by atoms with E-state index in [9.17, 15) is 4.79 Å². The van der Waals surface area contributed by atoms with E-state index in [0.29, 0.717) is 5.78 Å². The van der Waals surface area contributed by atoms with E-state index in [-0.39, 0.29) is 5.54 Å². The Morgan fingerprint density at radius 2 is 1.48 bits per heavy atom. The molecule has 124 valence electrons. The lowest BCUT2D eigenvalue weighted by molar-refractivity contribution is -0.125. The van der Waals surface area contributed by atoms with Gasteiger partial charge in [0, 0.05) is 6.42 Å². The summed E-state index contributed by atoms with van der Waals surface area (Å²) in [6.45, 7) is 5.44. The predicted octanol–water partition coefficient (Wildman–Crippen LogP) is 5.40. The standard InChI is InChI=1S/C19H37NO/c1-3-5-6-7-8-9-10-11-12-13-15-18(21)19(4-2)16-14-17-20-19/h20H,3-17H2,1-2H3. The first-order valence-corrected chi connectivity index (χ1v) is 9.53. The van der Waals surface area contributed by atoms with Crippen LogP contribution in [-0.2, 0) is 4.79 Å². The first kappa shape index (κ1) is 18.7. The molecule has 0 amide bonds. The molecule has 2 heteroatoms. The van der Waals surface area contributed by atoms with Gasteiger partial charge in [0.1, 0.15) is 0 Å². The molecule has 21 heavy (non-hydrogen) atoms. The third-order valence-electron chi connectivity index (χ3n) is 5.14. The second-order valence-electron chi connectivity index (χ2n) is 6.82. The lowest BCUT2D eigenvalue weighted by atomic mass is 9.86. The summed E-state index contributed by atoms with van der Waals surface area (Å²) in [4.78, 5) is 12.4. The summed E-state index contributed by atoms with van der Waals surface area (Å²) < 4.78 is 0. The largest absolute Gasteiger partial charge is 0.305 e. The zero-order valence-corrected chi connectivity index (χ0v) is 14.5. The SMILES string of the molecule is CCCCCCCCCCCCC(=O)C1(CC)CCCN1. The monoisotopic (exact) mass is 295 g/mol. The Bertz CT molecular complexity index is 269. The molecule has 0 bridgehead atoms. The van der Waals surface area contributed by atoms with Crippen LogP contribution in [0.2, 0.25) is 0 Å². The Kier molecular flexibility index (Phi) is 9.99. The first-order valence-electron chi connectivity index (χ1n) is 9.53. The highest BCUT2D eigenvalue weighted by molar-refractivity contribution is 5.88. The molecule has 1 N–H and O–H groups in total. The molecule has 0 aromatic heterocycles. The van der Waals surface area contributed by atoms with Crippen LogP contribution in [0.1, 0.15) is 104 Å². The van der Waals surface area contributed by atoms with Crippen molar-refractivity contribution in [3.05, 3.63) is 0 Å². The van der Waals surface area contributed by atoms with E-state index in [0.717, 1.165) is 38.6 Å². The Labute approximate surface area is 132 Å². The van der Waals surface area contributed by atoms with Gasteiger partial charge in [0.2, 0.25) is 0 Å². The van der Waals surface area contributed by atoms with Crippen molar-refractivity contribution in [2.75, 3.05) is 6.54 Å². The summed E-state index contributed by atoms with van der Waals surface area (Å²) in [5.74, 6) is 0.474. The molecule has 0 radical (unpaired) electrons. The smallest absolute Gasteiger partial charge is 0.152 e. The zero-order chi connectivity index (χ0) is 15.4. The average molecular weight is 296 g/mol. The van der Waals surface area contributed by atoms with Crippen LogP contribution < -0.4 is 5.32 Å². The van der Waals surface area contributed by atoms with Crippen molar-refractivity contribution >= 4 is 5.78 Å².